The molecule has 0 saturated carbocycles. The van der Waals surface area contributed by atoms with E-state index in [2.05, 4.69) is 9.36 Å². The van der Waals surface area contributed by atoms with E-state index in [4.69, 9.17) is 5.73 Å². The van der Waals surface area contributed by atoms with Crippen LogP contribution in [-0.2, 0) is 0 Å². The third kappa shape index (κ3) is 1.29. The molecule has 0 aliphatic rings. The van der Waals surface area contributed by atoms with E-state index in [9.17, 15) is 0 Å². The summed E-state index contributed by atoms with van der Waals surface area (Å²) in [5, 5.41) is 0. The summed E-state index contributed by atoms with van der Waals surface area (Å²) in [6.45, 7) is 0. The summed E-state index contributed by atoms with van der Waals surface area (Å²) in [5.74, 6) is 0.764. The number of rotatable bonds is 1. The highest BCUT2D eigenvalue weighted by Crippen LogP contribution is 2.16. The number of hydrogen-bond acceptors (Lipinski definition) is 4. The second kappa shape index (κ2) is 2.91. The normalized spacial score (nSPS) is 10.0. The van der Waals surface area contributed by atoms with Crippen molar-refractivity contribution in [3.63, 3.8) is 0 Å². The van der Waals surface area contributed by atoms with E-state index < -0.39 is 0 Å². The lowest BCUT2D eigenvalue weighted by Gasteiger charge is -1.94. The van der Waals surface area contributed by atoms with E-state index in [-0.39, 0.29) is 0 Å². The fourth-order valence-electron chi connectivity index (χ4n) is 0.930. The molecule has 0 bridgehead atoms. The SMILES string of the molecule is Nc1ccc(-c2ncsn2)cc1. The maximum absolute atomic E-state index is 5.54. The van der Waals surface area contributed by atoms with Gasteiger partial charge in [-0.2, -0.15) is 4.37 Å². The van der Waals surface area contributed by atoms with Crippen molar-refractivity contribution in [3.05, 3.63) is 29.8 Å². The van der Waals surface area contributed by atoms with Crippen molar-refractivity contribution < 1.29 is 0 Å². The second-order valence-electron chi connectivity index (χ2n) is 2.38. The molecular weight excluding hydrogens is 170 g/mol. The Bertz CT molecular complexity index is 352. The standard InChI is InChI=1S/C8H7N3S/c9-7-3-1-6(2-4-7)8-10-5-12-11-8/h1-5H,9H2. The predicted octanol–water partition coefficient (Wildman–Crippen LogP) is 1.79. The van der Waals surface area contributed by atoms with Crippen molar-refractivity contribution in [3.8, 4) is 11.4 Å². The third-order valence-electron chi connectivity index (χ3n) is 1.53. The Labute approximate surface area is 74.0 Å². The fraction of sp³-hybridized carbons (Fsp3) is 0. The first-order chi connectivity index (χ1) is 5.86. The highest BCUT2D eigenvalue weighted by molar-refractivity contribution is 7.03. The van der Waals surface area contributed by atoms with Gasteiger partial charge < -0.3 is 5.73 Å². The lowest BCUT2D eigenvalue weighted by Crippen LogP contribution is -1.84. The maximum Gasteiger partial charge on any atom is 0.172 e. The first kappa shape index (κ1) is 7.24. The van der Waals surface area contributed by atoms with Crippen LogP contribution in [0.25, 0.3) is 11.4 Å². The molecule has 0 atom stereocenters. The summed E-state index contributed by atoms with van der Waals surface area (Å²) in [6, 6.07) is 7.52. The highest BCUT2D eigenvalue weighted by Gasteiger charge is 1.99. The van der Waals surface area contributed by atoms with Crippen LogP contribution in [0.2, 0.25) is 0 Å². The Morgan fingerprint density at radius 1 is 1.17 bits per heavy atom. The summed E-state index contributed by atoms with van der Waals surface area (Å²) in [6.07, 6.45) is 0. The summed E-state index contributed by atoms with van der Waals surface area (Å²) in [7, 11) is 0. The maximum atomic E-state index is 5.54. The van der Waals surface area contributed by atoms with Gasteiger partial charge in [0.2, 0.25) is 0 Å². The van der Waals surface area contributed by atoms with Crippen LogP contribution < -0.4 is 5.73 Å². The van der Waals surface area contributed by atoms with E-state index in [0.717, 1.165) is 17.1 Å². The molecule has 2 N–H and O–H groups in total. The third-order valence-corrected chi connectivity index (χ3v) is 2.01. The lowest BCUT2D eigenvalue weighted by molar-refractivity contribution is 1.33. The van der Waals surface area contributed by atoms with E-state index >= 15 is 0 Å². The van der Waals surface area contributed by atoms with Gasteiger partial charge in [-0.3, -0.25) is 0 Å². The van der Waals surface area contributed by atoms with Crippen LogP contribution >= 0.6 is 11.5 Å². The molecule has 1 heterocycles. The molecule has 0 saturated heterocycles. The van der Waals surface area contributed by atoms with Gasteiger partial charge in [-0.1, -0.05) is 0 Å². The largest absolute Gasteiger partial charge is 0.399 e. The molecule has 0 unspecified atom stereocenters. The summed E-state index contributed by atoms with van der Waals surface area (Å²) in [4.78, 5) is 4.08. The zero-order valence-corrected chi connectivity index (χ0v) is 7.08. The Balaban J connectivity index is 2.43. The lowest BCUT2D eigenvalue weighted by atomic mass is 10.2. The number of hydrogen-bond donors (Lipinski definition) is 1. The number of benzene rings is 1. The molecule has 0 aliphatic carbocycles. The van der Waals surface area contributed by atoms with Crippen LogP contribution in [0.5, 0.6) is 0 Å². The Morgan fingerprint density at radius 2 is 1.92 bits per heavy atom. The smallest absolute Gasteiger partial charge is 0.172 e. The number of anilines is 1. The number of nitrogens with zero attached hydrogens (tertiary/aromatic N) is 2. The average molecular weight is 177 g/mol. The zero-order chi connectivity index (χ0) is 8.39. The second-order valence-corrected chi connectivity index (χ2v) is 2.98. The van der Waals surface area contributed by atoms with E-state index in [1.807, 2.05) is 24.3 Å². The first-order valence-electron chi connectivity index (χ1n) is 3.48. The molecule has 1 aromatic heterocycles. The molecule has 0 radical (unpaired) electrons. The van der Waals surface area contributed by atoms with Crippen molar-refractivity contribution in [2.24, 2.45) is 0 Å². The molecular formula is C8H7N3S. The molecule has 3 nitrogen and oxygen atoms in total. The van der Waals surface area contributed by atoms with E-state index in [1.165, 1.54) is 11.5 Å². The topological polar surface area (TPSA) is 51.8 Å². The number of aromatic nitrogens is 2. The van der Waals surface area contributed by atoms with Crippen molar-refractivity contribution >= 4 is 17.2 Å². The quantitative estimate of drug-likeness (QED) is 0.675. The van der Waals surface area contributed by atoms with Crippen LogP contribution in [0.4, 0.5) is 5.69 Å². The van der Waals surface area contributed by atoms with Gasteiger partial charge in [0, 0.05) is 11.3 Å². The van der Waals surface area contributed by atoms with Crippen molar-refractivity contribution in [2.45, 2.75) is 0 Å². The molecule has 0 aliphatic heterocycles. The zero-order valence-electron chi connectivity index (χ0n) is 6.27. The molecule has 60 valence electrons. The van der Waals surface area contributed by atoms with E-state index in [1.54, 1.807) is 5.51 Å². The number of nitrogens with two attached hydrogens (primary N) is 1. The molecule has 12 heavy (non-hydrogen) atoms. The van der Waals surface area contributed by atoms with Gasteiger partial charge in [0.05, 0.1) is 0 Å². The predicted molar refractivity (Wildman–Crippen MR) is 49.8 cm³/mol. The molecule has 2 aromatic rings. The van der Waals surface area contributed by atoms with Gasteiger partial charge in [-0.05, 0) is 35.8 Å². The monoisotopic (exact) mass is 177 g/mol. The number of nitrogen functional groups attached to an aromatic ring is 1. The highest BCUT2D eigenvalue weighted by atomic mass is 32.1. The van der Waals surface area contributed by atoms with E-state index in [0.29, 0.717) is 0 Å². The van der Waals surface area contributed by atoms with Gasteiger partial charge in [-0.15, -0.1) is 0 Å². The molecule has 4 heteroatoms. The van der Waals surface area contributed by atoms with Crippen LogP contribution in [0.3, 0.4) is 0 Å². The minimum absolute atomic E-state index is 0.758. The Hall–Kier alpha value is -1.42. The van der Waals surface area contributed by atoms with Crippen LogP contribution in [0, 0.1) is 0 Å². The first-order valence-corrected chi connectivity index (χ1v) is 4.32. The van der Waals surface area contributed by atoms with Gasteiger partial charge in [0.25, 0.3) is 0 Å². The van der Waals surface area contributed by atoms with Crippen molar-refractivity contribution in [1.29, 1.82) is 0 Å². The van der Waals surface area contributed by atoms with Gasteiger partial charge in [0.15, 0.2) is 5.82 Å². The summed E-state index contributed by atoms with van der Waals surface area (Å²) in [5.41, 5.74) is 9.02. The summed E-state index contributed by atoms with van der Waals surface area (Å²) < 4.78 is 4.11. The van der Waals surface area contributed by atoms with Crippen molar-refractivity contribution in [1.82, 2.24) is 9.36 Å². The van der Waals surface area contributed by atoms with Gasteiger partial charge in [-0.25, -0.2) is 4.98 Å². The molecule has 0 amide bonds. The summed E-state index contributed by atoms with van der Waals surface area (Å²) >= 11 is 1.35. The van der Waals surface area contributed by atoms with Crippen LogP contribution in [-0.4, -0.2) is 9.36 Å². The minimum atomic E-state index is 0.758. The van der Waals surface area contributed by atoms with Crippen LogP contribution in [0.15, 0.2) is 29.8 Å². The van der Waals surface area contributed by atoms with Gasteiger partial charge >= 0.3 is 0 Å². The fourth-order valence-corrected chi connectivity index (χ4v) is 1.38. The minimum Gasteiger partial charge on any atom is -0.399 e. The molecule has 0 fully saturated rings. The Morgan fingerprint density at radius 3 is 2.50 bits per heavy atom. The van der Waals surface area contributed by atoms with Crippen molar-refractivity contribution in [2.75, 3.05) is 5.73 Å². The molecule has 1 aromatic carbocycles. The Kier molecular flexibility index (Phi) is 1.75. The molecule has 0 spiro atoms. The van der Waals surface area contributed by atoms with Gasteiger partial charge in [0.1, 0.15) is 5.51 Å². The average Bonchev–Trinajstić information content (AvgIpc) is 2.58. The molecule has 2 rings (SSSR count). The van der Waals surface area contributed by atoms with Crippen LogP contribution in [0.1, 0.15) is 0 Å².